The number of aromatic hydroxyl groups is 1. The minimum Gasteiger partial charge on any atom is -0.508 e. The number of nitriles is 1. The fourth-order valence-corrected chi connectivity index (χ4v) is 3.59. The van der Waals surface area contributed by atoms with Crippen molar-refractivity contribution in [3.63, 3.8) is 0 Å². The van der Waals surface area contributed by atoms with Gasteiger partial charge in [0.2, 0.25) is 0 Å². The van der Waals surface area contributed by atoms with Crippen LogP contribution in [0.3, 0.4) is 0 Å². The first-order valence-electron chi connectivity index (χ1n) is 10.6. The molecular weight excluding hydrogens is 390 g/mol. The molecule has 31 heavy (non-hydrogen) atoms. The van der Waals surface area contributed by atoms with Crippen molar-refractivity contribution in [2.75, 3.05) is 13.2 Å². The van der Waals surface area contributed by atoms with Crippen molar-refractivity contribution in [1.29, 1.82) is 5.26 Å². The first-order valence-corrected chi connectivity index (χ1v) is 10.6. The Bertz CT molecular complexity index is 1010. The summed E-state index contributed by atoms with van der Waals surface area (Å²) in [4.78, 5) is 8.00. The van der Waals surface area contributed by atoms with Crippen LogP contribution in [0.1, 0.15) is 51.1 Å². The maximum Gasteiger partial charge on any atom is 0.121 e. The Hall–Kier alpha value is -3.30. The second kappa shape index (κ2) is 11.8. The number of hydrogen-bond donors (Lipinski definition) is 2. The van der Waals surface area contributed by atoms with Crippen LogP contribution >= 0.6 is 0 Å². The Kier molecular flexibility index (Phi) is 9.11. The van der Waals surface area contributed by atoms with Crippen molar-refractivity contribution >= 4 is 17.7 Å². The SMILES string of the molecule is C=O.CCCN.CCOc1ccc2c(C#N)c(-c3ccc(O)cc3)n(C3CCC3)c2c1. The highest BCUT2D eigenvalue weighted by molar-refractivity contribution is 5.95. The number of nitrogens with zero attached hydrogens (tertiary/aromatic N) is 2. The van der Waals surface area contributed by atoms with E-state index in [1.807, 2.05) is 44.0 Å². The van der Waals surface area contributed by atoms with Crippen LogP contribution in [0.15, 0.2) is 42.5 Å². The second-order valence-corrected chi connectivity index (χ2v) is 7.24. The van der Waals surface area contributed by atoms with Crippen LogP contribution in [0.5, 0.6) is 11.5 Å². The number of aromatic nitrogens is 1. The number of fused-ring (bicyclic) bond motifs is 1. The summed E-state index contributed by atoms with van der Waals surface area (Å²) in [6.07, 6.45) is 4.56. The molecule has 6 nitrogen and oxygen atoms in total. The van der Waals surface area contributed by atoms with Gasteiger partial charge in [0.1, 0.15) is 24.4 Å². The number of phenolic OH excluding ortho intramolecular Hbond substituents is 1. The molecule has 3 N–H and O–H groups in total. The standard InChI is InChI=1S/C21H20N2O2.C3H9N.CH2O/c1-2-25-17-10-11-18-19(13-22)21(14-6-8-16(24)9-7-14)23(20(18)12-17)15-4-3-5-15;1-2-3-4;1-2/h6-12,15,24H,2-5H2,1H3;2-4H2,1H3;1H2. The third-order valence-electron chi connectivity index (χ3n) is 5.27. The van der Waals surface area contributed by atoms with Crippen molar-refractivity contribution in [2.24, 2.45) is 5.73 Å². The molecule has 0 bridgehead atoms. The fourth-order valence-electron chi connectivity index (χ4n) is 3.59. The first-order chi connectivity index (χ1) is 15.1. The van der Waals surface area contributed by atoms with E-state index in [1.54, 1.807) is 12.1 Å². The van der Waals surface area contributed by atoms with Gasteiger partial charge < -0.3 is 24.9 Å². The average Bonchev–Trinajstić information content (AvgIpc) is 3.08. The molecule has 6 heteroatoms. The number of nitrogens with two attached hydrogens (primary N) is 1. The zero-order valence-electron chi connectivity index (χ0n) is 18.3. The Labute approximate surface area is 183 Å². The van der Waals surface area contributed by atoms with Crippen LogP contribution in [0.2, 0.25) is 0 Å². The molecule has 0 spiro atoms. The molecule has 0 saturated heterocycles. The zero-order valence-corrected chi connectivity index (χ0v) is 18.3. The fraction of sp³-hybridized carbons (Fsp3) is 0.360. The molecule has 1 aromatic heterocycles. The number of hydrogen-bond acceptors (Lipinski definition) is 5. The lowest BCUT2D eigenvalue weighted by Gasteiger charge is -2.30. The van der Waals surface area contributed by atoms with Crippen molar-refractivity contribution < 1.29 is 14.6 Å². The van der Waals surface area contributed by atoms with Gasteiger partial charge in [-0.2, -0.15) is 5.26 Å². The summed E-state index contributed by atoms with van der Waals surface area (Å²) < 4.78 is 7.97. The molecule has 0 amide bonds. The van der Waals surface area contributed by atoms with Crippen LogP contribution in [0.4, 0.5) is 0 Å². The molecule has 1 aliphatic carbocycles. The van der Waals surface area contributed by atoms with Gasteiger partial charge in [-0.25, -0.2) is 0 Å². The zero-order chi connectivity index (χ0) is 22.8. The lowest BCUT2D eigenvalue weighted by Crippen LogP contribution is -2.17. The van der Waals surface area contributed by atoms with Crippen molar-refractivity contribution in [3.8, 4) is 28.8 Å². The summed E-state index contributed by atoms with van der Waals surface area (Å²) in [7, 11) is 0. The Morgan fingerprint density at radius 2 is 1.84 bits per heavy atom. The lowest BCUT2D eigenvalue weighted by molar-refractivity contribution is -0.0979. The van der Waals surface area contributed by atoms with Crippen LogP contribution in [-0.4, -0.2) is 29.6 Å². The average molecular weight is 422 g/mol. The number of rotatable bonds is 5. The molecule has 1 fully saturated rings. The Morgan fingerprint density at radius 3 is 2.32 bits per heavy atom. The minimum atomic E-state index is 0.229. The van der Waals surface area contributed by atoms with E-state index in [1.165, 1.54) is 6.42 Å². The van der Waals surface area contributed by atoms with E-state index in [0.717, 1.165) is 53.7 Å². The van der Waals surface area contributed by atoms with Gasteiger partial charge in [0, 0.05) is 17.5 Å². The third-order valence-corrected chi connectivity index (χ3v) is 5.27. The molecule has 0 atom stereocenters. The molecule has 2 aromatic carbocycles. The highest BCUT2D eigenvalue weighted by atomic mass is 16.5. The van der Waals surface area contributed by atoms with Gasteiger partial charge in [0.05, 0.1) is 23.4 Å². The lowest BCUT2D eigenvalue weighted by atomic mass is 9.92. The highest BCUT2D eigenvalue weighted by Gasteiger charge is 2.27. The van der Waals surface area contributed by atoms with Crippen LogP contribution in [0.25, 0.3) is 22.2 Å². The molecule has 0 radical (unpaired) electrons. The maximum absolute atomic E-state index is 9.85. The number of carbonyl (C=O) groups excluding carboxylic acids is 1. The van der Waals surface area contributed by atoms with Gasteiger partial charge >= 0.3 is 0 Å². The second-order valence-electron chi connectivity index (χ2n) is 7.24. The summed E-state index contributed by atoms with van der Waals surface area (Å²) in [5, 5.41) is 20.4. The van der Waals surface area contributed by atoms with Gasteiger partial charge in [-0.05, 0) is 81.1 Å². The van der Waals surface area contributed by atoms with E-state index in [2.05, 4.69) is 17.6 Å². The topological polar surface area (TPSA) is 101 Å². The van der Waals surface area contributed by atoms with Crippen molar-refractivity contribution in [1.82, 2.24) is 4.57 Å². The summed E-state index contributed by atoms with van der Waals surface area (Å²) in [6.45, 7) is 7.46. The van der Waals surface area contributed by atoms with Gasteiger partial charge in [0.25, 0.3) is 0 Å². The molecule has 1 aliphatic rings. The monoisotopic (exact) mass is 421 g/mol. The molecule has 0 aliphatic heterocycles. The third kappa shape index (κ3) is 5.25. The number of carbonyl (C=O) groups is 1. The first kappa shape index (κ1) is 24.0. The van der Waals surface area contributed by atoms with Crippen molar-refractivity contribution in [2.45, 2.75) is 45.6 Å². The van der Waals surface area contributed by atoms with Crippen LogP contribution in [-0.2, 0) is 4.79 Å². The predicted octanol–water partition coefficient (Wildman–Crippen LogP) is 5.18. The minimum absolute atomic E-state index is 0.229. The smallest absolute Gasteiger partial charge is 0.121 e. The molecule has 3 aromatic rings. The van der Waals surface area contributed by atoms with Crippen LogP contribution < -0.4 is 10.5 Å². The maximum atomic E-state index is 9.85. The van der Waals surface area contributed by atoms with E-state index >= 15 is 0 Å². The molecule has 1 heterocycles. The van der Waals surface area contributed by atoms with E-state index in [9.17, 15) is 10.4 Å². The molecule has 0 unspecified atom stereocenters. The predicted molar refractivity (Wildman–Crippen MR) is 124 cm³/mol. The summed E-state index contributed by atoms with van der Waals surface area (Å²) in [5.41, 5.74) is 8.66. The number of ether oxygens (including phenoxy) is 1. The molecule has 4 rings (SSSR count). The summed E-state index contributed by atoms with van der Waals surface area (Å²) >= 11 is 0. The quantitative estimate of drug-likeness (QED) is 0.591. The van der Waals surface area contributed by atoms with E-state index in [0.29, 0.717) is 18.2 Å². The van der Waals surface area contributed by atoms with Gasteiger partial charge in [-0.3, -0.25) is 0 Å². The Morgan fingerprint density at radius 1 is 1.19 bits per heavy atom. The molecule has 1 saturated carbocycles. The normalized spacial score (nSPS) is 12.6. The van der Waals surface area contributed by atoms with E-state index in [4.69, 9.17) is 15.3 Å². The van der Waals surface area contributed by atoms with Gasteiger partial charge in [0.15, 0.2) is 0 Å². The van der Waals surface area contributed by atoms with Crippen LogP contribution in [0, 0.1) is 11.3 Å². The highest BCUT2D eigenvalue weighted by Crippen LogP contribution is 2.43. The van der Waals surface area contributed by atoms with Gasteiger partial charge in [-0.15, -0.1) is 0 Å². The van der Waals surface area contributed by atoms with E-state index in [-0.39, 0.29) is 5.75 Å². The number of benzene rings is 2. The molecular formula is C25H31N3O3. The van der Waals surface area contributed by atoms with E-state index < -0.39 is 0 Å². The summed E-state index contributed by atoms with van der Waals surface area (Å²) in [6, 6.07) is 15.9. The number of phenols is 1. The Balaban J connectivity index is 0.000000513. The molecule has 164 valence electrons. The van der Waals surface area contributed by atoms with Crippen molar-refractivity contribution in [3.05, 3.63) is 48.0 Å². The van der Waals surface area contributed by atoms with Gasteiger partial charge in [-0.1, -0.05) is 6.92 Å². The summed E-state index contributed by atoms with van der Waals surface area (Å²) in [5.74, 6) is 1.06. The largest absolute Gasteiger partial charge is 0.508 e.